The van der Waals surface area contributed by atoms with Gasteiger partial charge in [0.25, 0.3) is 0 Å². The number of ether oxygens (including phenoxy) is 1. The first-order valence-corrected chi connectivity index (χ1v) is 9.18. The number of carbonyl (C=O) groups is 4. The van der Waals surface area contributed by atoms with Gasteiger partial charge in [0.05, 0.1) is 20.1 Å². The predicted molar refractivity (Wildman–Crippen MR) is 96.2 cm³/mol. The average molecular weight is 392 g/mol. The molecule has 0 unspecified atom stereocenters. The molecule has 10 heteroatoms. The highest BCUT2D eigenvalue weighted by Crippen LogP contribution is 2.19. The van der Waals surface area contributed by atoms with E-state index in [2.05, 4.69) is 15.4 Å². The number of rotatable bonds is 12. The largest absolute Gasteiger partial charge is 0.469 e. The van der Waals surface area contributed by atoms with Gasteiger partial charge in [0.1, 0.15) is 6.10 Å². The Hall–Kier alpha value is -1.65. The Labute approximate surface area is 157 Å². The summed E-state index contributed by atoms with van der Waals surface area (Å²) in [7, 11) is 1.26. The molecule has 0 aliphatic carbocycles. The van der Waals surface area contributed by atoms with Crippen LogP contribution in [0.1, 0.15) is 33.1 Å². The Morgan fingerprint density at radius 2 is 1.73 bits per heavy atom. The van der Waals surface area contributed by atoms with E-state index in [0.29, 0.717) is 5.75 Å². The molecule has 0 saturated carbocycles. The van der Waals surface area contributed by atoms with Crippen LogP contribution in [0.5, 0.6) is 0 Å². The summed E-state index contributed by atoms with van der Waals surface area (Å²) in [5.41, 5.74) is -0.968. The van der Waals surface area contributed by atoms with Gasteiger partial charge in [0.2, 0.25) is 11.8 Å². The van der Waals surface area contributed by atoms with E-state index in [9.17, 15) is 24.3 Å². The number of amides is 2. The van der Waals surface area contributed by atoms with Crippen molar-refractivity contribution < 1.29 is 34.1 Å². The minimum Gasteiger partial charge on any atom is -0.469 e. The van der Waals surface area contributed by atoms with Gasteiger partial charge in [-0.15, -0.1) is 0 Å². The molecule has 150 valence electrons. The molecule has 0 aromatic rings. The van der Waals surface area contributed by atoms with E-state index in [0.717, 1.165) is 11.8 Å². The standard InChI is InChI=1S/C16H28N2O7S/c1-16(2,10-19)14(23)15(24)18-7-6-11(20)17-8-9-26-13(22)5-4-12(21)25-3/h14,19,23H,4-10H2,1-3H3,(H,17,20)(H,18,24)/t14-/m0/s1. The van der Waals surface area contributed by atoms with Crippen molar-refractivity contribution in [1.82, 2.24) is 10.6 Å². The second kappa shape index (κ2) is 12.7. The van der Waals surface area contributed by atoms with E-state index < -0.39 is 23.4 Å². The van der Waals surface area contributed by atoms with E-state index in [-0.39, 0.29) is 50.0 Å². The van der Waals surface area contributed by atoms with Crippen molar-refractivity contribution in [3.8, 4) is 0 Å². The minimum atomic E-state index is -1.37. The third-order valence-corrected chi connectivity index (χ3v) is 4.43. The molecular formula is C16H28N2O7S. The summed E-state index contributed by atoms with van der Waals surface area (Å²) in [5, 5.41) is 23.8. The first kappa shape index (κ1) is 24.4. The Balaban J connectivity index is 3.83. The van der Waals surface area contributed by atoms with Gasteiger partial charge in [0, 0.05) is 37.1 Å². The zero-order valence-corrected chi connectivity index (χ0v) is 16.2. The maximum atomic E-state index is 11.7. The number of hydrogen-bond donors (Lipinski definition) is 4. The summed E-state index contributed by atoms with van der Waals surface area (Å²) < 4.78 is 4.44. The van der Waals surface area contributed by atoms with Crippen molar-refractivity contribution in [3.63, 3.8) is 0 Å². The first-order valence-electron chi connectivity index (χ1n) is 8.19. The van der Waals surface area contributed by atoms with E-state index in [1.165, 1.54) is 7.11 Å². The van der Waals surface area contributed by atoms with Crippen molar-refractivity contribution in [1.29, 1.82) is 0 Å². The lowest BCUT2D eigenvalue weighted by Crippen LogP contribution is -2.46. The monoisotopic (exact) mass is 392 g/mol. The molecule has 0 radical (unpaired) electrons. The van der Waals surface area contributed by atoms with Crippen LogP contribution in [0, 0.1) is 5.41 Å². The molecule has 0 fully saturated rings. The van der Waals surface area contributed by atoms with Gasteiger partial charge < -0.3 is 25.6 Å². The smallest absolute Gasteiger partial charge is 0.305 e. The molecule has 4 N–H and O–H groups in total. The molecule has 0 aromatic carbocycles. The number of esters is 1. The van der Waals surface area contributed by atoms with Crippen LogP contribution in [-0.2, 0) is 23.9 Å². The highest BCUT2D eigenvalue weighted by molar-refractivity contribution is 8.13. The van der Waals surface area contributed by atoms with E-state index in [1.54, 1.807) is 13.8 Å². The molecule has 1 atom stereocenters. The van der Waals surface area contributed by atoms with Gasteiger partial charge in [-0.25, -0.2) is 0 Å². The normalized spacial score (nSPS) is 12.2. The summed E-state index contributed by atoms with van der Waals surface area (Å²) >= 11 is 1.02. The van der Waals surface area contributed by atoms with Crippen molar-refractivity contribution in [2.24, 2.45) is 5.41 Å². The summed E-state index contributed by atoms with van der Waals surface area (Å²) in [4.78, 5) is 45.7. The number of nitrogens with one attached hydrogen (secondary N) is 2. The Morgan fingerprint density at radius 3 is 2.31 bits per heavy atom. The number of aliphatic hydroxyl groups excluding tert-OH is 2. The Morgan fingerprint density at radius 1 is 1.08 bits per heavy atom. The lowest BCUT2D eigenvalue weighted by molar-refractivity contribution is -0.141. The molecule has 0 aliphatic heterocycles. The summed E-state index contributed by atoms with van der Waals surface area (Å²) in [6.07, 6.45) is -1.22. The van der Waals surface area contributed by atoms with Crippen LogP contribution in [-0.4, -0.2) is 71.8 Å². The van der Waals surface area contributed by atoms with Crippen molar-refractivity contribution in [3.05, 3.63) is 0 Å². The number of hydrogen-bond acceptors (Lipinski definition) is 8. The third-order valence-electron chi connectivity index (χ3n) is 3.50. The first-order chi connectivity index (χ1) is 12.1. The zero-order valence-electron chi connectivity index (χ0n) is 15.4. The molecule has 0 rings (SSSR count). The lowest BCUT2D eigenvalue weighted by atomic mass is 9.87. The van der Waals surface area contributed by atoms with Crippen molar-refractivity contribution >= 4 is 34.7 Å². The molecular weight excluding hydrogens is 364 g/mol. The molecule has 26 heavy (non-hydrogen) atoms. The maximum absolute atomic E-state index is 11.7. The SMILES string of the molecule is COC(=O)CCC(=O)SCCNC(=O)CCNC(=O)[C@H](O)C(C)(C)CO. The summed E-state index contributed by atoms with van der Waals surface area (Å²) in [6, 6.07) is 0. The molecule has 0 aromatic heterocycles. The minimum absolute atomic E-state index is 0.0268. The maximum Gasteiger partial charge on any atom is 0.305 e. The van der Waals surface area contributed by atoms with Crippen LogP contribution in [0.4, 0.5) is 0 Å². The number of carbonyl (C=O) groups excluding carboxylic acids is 4. The topological polar surface area (TPSA) is 142 Å². The Bertz CT molecular complexity index is 497. The second-order valence-corrected chi connectivity index (χ2v) is 7.39. The average Bonchev–Trinajstić information content (AvgIpc) is 2.62. The van der Waals surface area contributed by atoms with Crippen LogP contribution < -0.4 is 10.6 Å². The number of methoxy groups -OCH3 is 1. The van der Waals surface area contributed by atoms with Crippen LogP contribution in [0.25, 0.3) is 0 Å². The van der Waals surface area contributed by atoms with Gasteiger partial charge in [-0.3, -0.25) is 19.2 Å². The third kappa shape index (κ3) is 10.4. The molecule has 0 bridgehead atoms. The highest BCUT2D eigenvalue weighted by Gasteiger charge is 2.32. The van der Waals surface area contributed by atoms with Gasteiger partial charge in [0.15, 0.2) is 5.12 Å². The zero-order chi connectivity index (χ0) is 20.2. The van der Waals surface area contributed by atoms with Gasteiger partial charge in [-0.2, -0.15) is 0 Å². The molecule has 0 aliphatic rings. The van der Waals surface area contributed by atoms with Gasteiger partial charge in [-0.1, -0.05) is 25.6 Å². The summed E-state index contributed by atoms with van der Waals surface area (Å²) in [6.45, 7) is 3.08. The molecule has 0 heterocycles. The lowest BCUT2D eigenvalue weighted by Gasteiger charge is -2.27. The second-order valence-electron chi connectivity index (χ2n) is 6.24. The number of thioether (sulfide) groups is 1. The van der Waals surface area contributed by atoms with Gasteiger partial charge in [-0.05, 0) is 0 Å². The van der Waals surface area contributed by atoms with E-state index >= 15 is 0 Å². The van der Waals surface area contributed by atoms with E-state index in [4.69, 9.17) is 5.11 Å². The van der Waals surface area contributed by atoms with E-state index in [1.807, 2.05) is 0 Å². The molecule has 0 saturated heterocycles. The fraction of sp³-hybridized carbons (Fsp3) is 0.750. The highest BCUT2D eigenvalue weighted by atomic mass is 32.2. The fourth-order valence-corrected chi connectivity index (χ4v) is 2.34. The van der Waals surface area contributed by atoms with Crippen molar-refractivity contribution in [2.75, 3.05) is 32.6 Å². The van der Waals surface area contributed by atoms with Gasteiger partial charge >= 0.3 is 5.97 Å². The number of aliphatic hydroxyl groups is 2. The van der Waals surface area contributed by atoms with Crippen LogP contribution >= 0.6 is 11.8 Å². The predicted octanol–water partition coefficient (Wildman–Crippen LogP) is -0.799. The van der Waals surface area contributed by atoms with Crippen LogP contribution in [0.15, 0.2) is 0 Å². The van der Waals surface area contributed by atoms with Crippen molar-refractivity contribution in [2.45, 2.75) is 39.2 Å². The van der Waals surface area contributed by atoms with Crippen LogP contribution in [0.3, 0.4) is 0 Å². The summed E-state index contributed by atoms with van der Waals surface area (Å²) in [5.74, 6) is -1.02. The molecule has 9 nitrogen and oxygen atoms in total. The van der Waals surface area contributed by atoms with Crippen LogP contribution in [0.2, 0.25) is 0 Å². The fourth-order valence-electron chi connectivity index (χ4n) is 1.66. The quantitative estimate of drug-likeness (QED) is 0.250. The Kier molecular flexibility index (Phi) is 11.9. The molecule has 2 amide bonds. The molecule has 0 spiro atoms.